The first-order valence-electron chi connectivity index (χ1n) is 5.98. The minimum atomic E-state index is 0.550. The molecule has 0 radical (unpaired) electrons. The van der Waals surface area contributed by atoms with Gasteiger partial charge in [0.2, 0.25) is 5.88 Å². The highest BCUT2D eigenvalue weighted by Gasteiger charge is 2.08. The lowest BCUT2D eigenvalue weighted by Crippen LogP contribution is -2.12. The number of nitrogens with zero attached hydrogens (tertiary/aromatic N) is 1. The number of rotatable bonds is 5. The molecule has 0 saturated carbocycles. The van der Waals surface area contributed by atoms with Gasteiger partial charge in [0.25, 0.3) is 0 Å². The molecule has 0 saturated heterocycles. The Labute approximate surface area is 126 Å². The molecule has 0 aliphatic heterocycles. The van der Waals surface area contributed by atoms with Crippen LogP contribution in [0.4, 0.5) is 0 Å². The average Bonchev–Trinajstić information content (AvgIpc) is 2.41. The van der Waals surface area contributed by atoms with Gasteiger partial charge in [0.15, 0.2) is 0 Å². The molecule has 100 valence electrons. The van der Waals surface area contributed by atoms with E-state index in [1.165, 1.54) is 0 Å². The Bertz CT molecular complexity index is 563. The van der Waals surface area contributed by atoms with Crippen molar-refractivity contribution in [1.82, 2.24) is 10.3 Å². The van der Waals surface area contributed by atoms with Crippen LogP contribution in [-0.2, 0) is 6.54 Å². The highest BCUT2D eigenvalue weighted by atomic mass is 79.9. The molecule has 0 aliphatic rings. The highest BCUT2D eigenvalue weighted by molar-refractivity contribution is 9.10. The summed E-state index contributed by atoms with van der Waals surface area (Å²) in [5.41, 5.74) is 1.00. The smallest absolute Gasteiger partial charge is 0.223 e. The summed E-state index contributed by atoms with van der Waals surface area (Å²) in [6, 6.07) is 9.37. The van der Waals surface area contributed by atoms with E-state index in [0.717, 1.165) is 16.6 Å². The number of benzene rings is 1. The zero-order chi connectivity index (χ0) is 13.7. The lowest BCUT2D eigenvalue weighted by Gasteiger charge is -2.11. The number of halogens is 2. The minimum absolute atomic E-state index is 0.550. The third-order valence-electron chi connectivity index (χ3n) is 2.52. The largest absolute Gasteiger partial charge is 0.437 e. The second kappa shape index (κ2) is 6.89. The van der Waals surface area contributed by atoms with Crippen LogP contribution in [0.5, 0.6) is 11.6 Å². The van der Waals surface area contributed by atoms with Gasteiger partial charge in [-0.3, -0.25) is 0 Å². The summed E-state index contributed by atoms with van der Waals surface area (Å²) in [6.07, 6.45) is 1.71. The van der Waals surface area contributed by atoms with Crippen LogP contribution in [0, 0.1) is 0 Å². The predicted octanol–water partition coefficient (Wildman–Crippen LogP) is 4.40. The number of pyridine rings is 1. The van der Waals surface area contributed by atoms with Crippen LogP contribution in [0.1, 0.15) is 12.5 Å². The first-order valence-corrected chi connectivity index (χ1v) is 7.15. The fourth-order valence-corrected chi connectivity index (χ4v) is 2.28. The zero-order valence-electron chi connectivity index (χ0n) is 10.5. The molecule has 0 aliphatic carbocycles. The van der Waals surface area contributed by atoms with Gasteiger partial charge in [0.05, 0.1) is 5.02 Å². The zero-order valence-corrected chi connectivity index (χ0v) is 12.8. The predicted molar refractivity (Wildman–Crippen MR) is 80.8 cm³/mol. The standard InChI is InChI=1S/C14H14BrClN2O/c1-2-17-9-10-4-3-7-18-14(10)19-13-6-5-11(15)8-12(13)16/h3-8,17H,2,9H2,1H3. The van der Waals surface area contributed by atoms with E-state index in [9.17, 15) is 0 Å². The molecule has 1 heterocycles. The molecule has 19 heavy (non-hydrogen) atoms. The van der Waals surface area contributed by atoms with Crippen molar-refractivity contribution in [3.8, 4) is 11.6 Å². The van der Waals surface area contributed by atoms with Crippen LogP contribution < -0.4 is 10.1 Å². The number of ether oxygens (including phenoxy) is 1. The Morgan fingerprint density at radius 1 is 1.37 bits per heavy atom. The van der Waals surface area contributed by atoms with Crippen LogP contribution in [0.3, 0.4) is 0 Å². The van der Waals surface area contributed by atoms with Gasteiger partial charge in [-0.25, -0.2) is 4.98 Å². The van der Waals surface area contributed by atoms with Crippen LogP contribution in [0.25, 0.3) is 0 Å². The summed E-state index contributed by atoms with van der Waals surface area (Å²) in [6.45, 7) is 3.67. The van der Waals surface area contributed by atoms with Crippen molar-refractivity contribution in [2.75, 3.05) is 6.54 Å². The molecule has 0 unspecified atom stereocenters. The highest BCUT2D eigenvalue weighted by Crippen LogP contribution is 2.32. The van der Waals surface area contributed by atoms with E-state index in [0.29, 0.717) is 23.2 Å². The van der Waals surface area contributed by atoms with Crippen LogP contribution >= 0.6 is 27.5 Å². The fourth-order valence-electron chi connectivity index (χ4n) is 1.57. The first-order chi connectivity index (χ1) is 9.20. The summed E-state index contributed by atoms with van der Waals surface area (Å²) in [5, 5.41) is 3.80. The molecule has 1 aromatic heterocycles. The van der Waals surface area contributed by atoms with Crippen molar-refractivity contribution < 1.29 is 4.74 Å². The summed E-state index contributed by atoms with van der Waals surface area (Å²) >= 11 is 9.50. The minimum Gasteiger partial charge on any atom is -0.437 e. The van der Waals surface area contributed by atoms with Crippen LogP contribution in [0.15, 0.2) is 41.0 Å². The molecular weight excluding hydrogens is 328 g/mol. The third-order valence-corrected chi connectivity index (χ3v) is 3.30. The second-order valence-electron chi connectivity index (χ2n) is 3.92. The molecule has 0 spiro atoms. The van der Waals surface area contributed by atoms with Gasteiger partial charge in [-0.05, 0) is 30.8 Å². The number of aromatic nitrogens is 1. The van der Waals surface area contributed by atoms with E-state index < -0.39 is 0 Å². The SMILES string of the molecule is CCNCc1cccnc1Oc1ccc(Br)cc1Cl. The second-order valence-corrected chi connectivity index (χ2v) is 5.25. The molecule has 0 atom stereocenters. The maximum atomic E-state index is 6.14. The molecule has 0 amide bonds. The van der Waals surface area contributed by atoms with Gasteiger partial charge in [-0.15, -0.1) is 0 Å². The van der Waals surface area contributed by atoms with Gasteiger partial charge < -0.3 is 10.1 Å². The molecule has 2 aromatic rings. The van der Waals surface area contributed by atoms with Gasteiger partial charge in [-0.2, -0.15) is 0 Å². The molecule has 5 heteroatoms. The molecule has 0 bridgehead atoms. The molecule has 1 N–H and O–H groups in total. The van der Waals surface area contributed by atoms with Crippen LogP contribution in [-0.4, -0.2) is 11.5 Å². The quantitative estimate of drug-likeness (QED) is 0.875. The van der Waals surface area contributed by atoms with E-state index in [1.807, 2.05) is 24.3 Å². The Balaban J connectivity index is 2.22. The van der Waals surface area contributed by atoms with E-state index in [1.54, 1.807) is 12.3 Å². The van der Waals surface area contributed by atoms with Crippen LogP contribution in [0.2, 0.25) is 5.02 Å². The lowest BCUT2D eigenvalue weighted by molar-refractivity contribution is 0.453. The number of hydrogen-bond donors (Lipinski definition) is 1. The Hall–Kier alpha value is -1.10. The number of nitrogens with one attached hydrogen (secondary N) is 1. The normalized spacial score (nSPS) is 10.5. The Morgan fingerprint density at radius 3 is 2.95 bits per heavy atom. The van der Waals surface area contributed by atoms with E-state index in [-0.39, 0.29) is 0 Å². The number of hydrogen-bond acceptors (Lipinski definition) is 3. The summed E-state index contributed by atoms with van der Waals surface area (Å²) < 4.78 is 6.70. The maximum Gasteiger partial charge on any atom is 0.223 e. The van der Waals surface area contributed by atoms with Crippen molar-refractivity contribution in [3.63, 3.8) is 0 Å². The van der Waals surface area contributed by atoms with Gasteiger partial charge in [-0.1, -0.05) is 40.5 Å². The van der Waals surface area contributed by atoms with Gasteiger partial charge in [0.1, 0.15) is 5.75 Å². The van der Waals surface area contributed by atoms with E-state index >= 15 is 0 Å². The first kappa shape index (κ1) is 14.3. The monoisotopic (exact) mass is 340 g/mol. The third kappa shape index (κ3) is 3.93. The maximum absolute atomic E-state index is 6.14. The van der Waals surface area contributed by atoms with Crippen molar-refractivity contribution in [2.24, 2.45) is 0 Å². The average molecular weight is 342 g/mol. The summed E-state index contributed by atoms with van der Waals surface area (Å²) in [4.78, 5) is 4.26. The molecule has 2 rings (SSSR count). The van der Waals surface area contributed by atoms with E-state index in [4.69, 9.17) is 16.3 Å². The molecular formula is C14H14BrClN2O. The van der Waals surface area contributed by atoms with E-state index in [2.05, 4.69) is 33.2 Å². The Morgan fingerprint density at radius 2 is 2.21 bits per heavy atom. The van der Waals surface area contributed by atoms with Crippen molar-refractivity contribution in [2.45, 2.75) is 13.5 Å². The summed E-state index contributed by atoms with van der Waals surface area (Å²) in [7, 11) is 0. The molecule has 0 fully saturated rings. The topological polar surface area (TPSA) is 34.2 Å². The fraction of sp³-hybridized carbons (Fsp3) is 0.214. The van der Waals surface area contributed by atoms with Gasteiger partial charge >= 0.3 is 0 Å². The summed E-state index contributed by atoms with van der Waals surface area (Å²) in [5.74, 6) is 1.17. The van der Waals surface area contributed by atoms with Gasteiger partial charge in [0, 0.05) is 22.8 Å². The lowest BCUT2D eigenvalue weighted by atomic mass is 10.2. The Kier molecular flexibility index (Phi) is 5.19. The van der Waals surface area contributed by atoms with Crippen molar-refractivity contribution in [3.05, 3.63) is 51.6 Å². The molecule has 3 nitrogen and oxygen atoms in total. The van der Waals surface area contributed by atoms with Crippen molar-refractivity contribution >= 4 is 27.5 Å². The molecule has 1 aromatic carbocycles. The van der Waals surface area contributed by atoms with Crippen molar-refractivity contribution in [1.29, 1.82) is 0 Å².